The molecule has 0 aliphatic carbocycles. The van der Waals surface area contributed by atoms with Crippen LogP contribution in [0.3, 0.4) is 0 Å². The number of carbonyl (C=O) groups excluding carboxylic acids is 1. The van der Waals surface area contributed by atoms with E-state index in [1.165, 1.54) is 0 Å². The quantitative estimate of drug-likeness (QED) is 0.611. The SMILES string of the molecule is O=C(Cl)CN1CCCC[C@H]1COc1ccc(Oc2ccc(Cl)cc2)cc1. The average molecular weight is 394 g/mol. The molecule has 6 heteroatoms. The molecule has 1 aliphatic rings. The van der Waals surface area contributed by atoms with Gasteiger partial charge in [0, 0.05) is 11.1 Å². The molecule has 1 fully saturated rings. The predicted octanol–water partition coefficient (Wildman–Crippen LogP) is 5.13. The molecule has 2 aromatic rings. The largest absolute Gasteiger partial charge is 0.492 e. The third kappa shape index (κ3) is 5.63. The molecule has 0 radical (unpaired) electrons. The Kier molecular flexibility index (Phi) is 6.78. The molecule has 1 heterocycles. The summed E-state index contributed by atoms with van der Waals surface area (Å²) in [4.78, 5) is 13.3. The molecule has 0 spiro atoms. The van der Waals surface area contributed by atoms with Gasteiger partial charge in [-0.1, -0.05) is 18.0 Å². The molecular formula is C20H21Cl2NO3. The maximum Gasteiger partial charge on any atom is 0.235 e. The number of nitrogens with zero attached hydrogens (tertiary/aromatic N) is 1. The van der Waals surface area contributed by atoms with E-state index in [1.54, 1.807) is 12.1 Å². The first-order valence-electron chi connectivity index (χ1n) is 8.69. The van der Waals surface area contributed by atoms with Gasteiger partial charge in [-0.2, -0.15) is 0 Å². The summed E-state index contributed by atoms with van der Waals surface area (Å²) in [7, 11) is 0. The van der Waals surface area contributed by atoms with Gasteiger partial charge in [0.15, 0.2) is 0 Å². The summed E-state index contributed by atoms with van der Waals surface area (Å²) in [5.41, 5.74) is 0. The number of hydrogen-bond acceptors (Lipinski definition) is 4. The zero-order chi connectivity index (χ0) is 18.4. The first kappa shape index (κ1) is 19.0. The fourth-order valence-electron chi connectivity index (χ4n) is 3.05. The van der Waals surface area contributed by atoms with Gasteiger partial charge >= 0.3 is 0 Å². The minimum atomic E-state index is -0.319. The molecule has 1 aliphatic heterocycles. The lowest BCUT2D eigenvalue weighted by molar-refractivity contribution is -0.113. The van der Waals surface area contributed by atoms with Gasteiger partial charge in [0.2, 0.25) is 5.24 Å². The summed E-state index contributed by atoms with van der Waals surface area (Å²) < 4.78 is 11.7. The topological polar surface area (TPSA) is 38.8 Å². The van der Waals surface area contributed by atoms with E-state index in [2.05, 4.69) is 4.90 Å². The fraction of sp³-hybridized carbons (Fsp3) is 0.350. The van der Waals surface area contributed by atoms with Gasteiger partial charge in [-0.15, -0.1) is 0 Å². The van der Waals surface area contributed by atoms with E-state index in [-0.39, 0.29) is 17.8 Å². The molecule has 2 aromatic carbocycles. The molecular weight excluding hydrogens is 373 g/mol. The van der Waals surface area contributed by atoms with Gasteiger partial charge in [0.05, 0.1) is 6.54 Å². The number of likely N-dealkylation sites (tertiary alicyclic amines) is 1. The van der Waals surface area contributed by atoms with Crippen LogP contribution in [0.5, 0.6) is 17.2 Å². The van der Waals surface area contributed by atoms with E-state index < -0.39 is 0 Å². The van der Waals surface area contributed by atoms with Crippen LogP contribution in [0.4, 0.5) is 0 Å². The van der Waals surface area contributed by atoms with E-state index in [0.29, 0.717) is 11.6 Å². The van der Waals surface area contributed by atoms with Crippen molar-refractivity contribution in [1.29, 1.82) is 0 Å². The second kappa shape index (κ2) is 9.26. The van der Waals surface area contributed by atoms with Gasteiger partial charge in [0.25, 0.3) is 0 Å². The number of halogens is 2. The molecule has 0 N–H and O–H groups in total. The Morgan fingerprint density at radius 1 is 1.00 bits per heavy atom. The van der Waals surface area contributed by atoms with Crippen molar-refractivity contribution < 1.29 is 14.3 Å². The highest BCUT2D eigenvalue weighted by atomic mass is 35.5. The number of piperidine rings is 1. The normalized spacial score (nSPS) is 17.7. The third-order valence-corrected chi connectivity index (χ3v) is 4.76. The van der Waals surface area contributed by atoms with Crippen LogP contribution >= 0.6 is 23.2 Å². The van der Waals surface area contributed by atoms with Crippen molar-refractivity contribution in [2.24, 2.45) is 0 Å². The minimum absolute atomic E-state index is 0.219. The van der Waals surface area contributed by atoms with E-state index in [1.807, 2.05) is 36.4 Å². The second-order valence-corrected chi connectivity index (χ2v) is 7.17. The smallest absolute Gasteiger partial charge is 0.235 e. The van der Waals surface area contributed by atoms with Crippen LogP contribution in [-0.2, 0) is 4.79 Å². The minimum Gasteiger partial charge on any atom is -0.492 e. The molecule has 0 bridgehead atoms. The van der Waals surface area contributed by atoms with E-state index in [0.717, 1.165) is 43.1 Å². The molecule has 1 saturated heterocycles. The van der Waals surface area contributed by atoms with Crippen molar-refractivity contribution in [2.45, 2.75) is 25.3 Å². The highest BCUT2D eigenvalue weighted by molar-refractivity contribution is 6.64. The van der Waals surface area contributed by atoms with Crippen molar-refractivity contribution in [3.05, 3.63) is 53.6 Å². The van der Waals surface area contributed by atoms with Crippen molar-refractivity contribution >= 4 is 28.4 Å². The maximum atomic E-state index is 11.2. The highest BCUT2D eigenvalue weighted by Gasteiger charge is 2.24. The summed E-state index contributed by atoms with van der Waals surface area (Å²) in [5, 5.41) is 0.356. The zero-order valence-electron chi connectivity index (χ0n) is 14.4. The Balaban J connectivity index is 1.53. The molecule has 0 unspecified atom stereocenters. The molecule has 138 valence electrons. The van der Waals surface area contributed by atoms with Gasteiger partial charge in [0.1, 0.15) is 23.9 Å². The molecule has 0 amide bonds. The zero-order valence-corrected chi connectivity index (χ0v) is 15.9. The Labute approximate surface area is 163 Å². The average Bonchev–Trinajstić information content (AvgIpc) is 2.64. The molecule has 0 aromatic heterocycles. The Bertz CT molecular complexity index is 719. The Morgan fingerprint density at radius 3 is 2.27 bits per heavy atom. The van der Waals surface area contributed by atoms with Crippen molar-refractivity contribution in [2.75, 3.05) is 19.7 Å². The Morgan fingerprint density at radius 2 is 1.62 bits per heavy atom. The van der Waals surface area contributed by atoms with Crippen molar-refractivity contribution in [3.8, 4) is 17.2 Å². The molecule has 1 atom stereocenters. The number of carbonyl (C=O) groups is 1. The van der Waals surface area contributed by atoms with E-state index in [9.17, 15) is 4.79 Å². The first-order valence-corrected chi connectivity index (χ1v) is 9.44. The Hall–Kier alpha value is -1.75. The summed E-state index contributed by atoms with van der Waals surface area (Å²) >= 11 is 11.4. The van der Waals surface area contributed by atoms with Crippen LogP contribution in [0.1, 0.15) is 19.3 Å². The number of hydrogen-bond donors (Lipinski definition) is 0. The lowest BCUT2D eigenvalue weighted by Gasteiger charge is -2.34. The number of ether oxygens (including phenoxy) is 2. The van der Waals surface area contributed by atoms with Crippen LogP contribution in [0.2, 0.25) is 5.02 Å². The lowest BCUT2D eigenvalue weighted by Crippen LogP contribution is -2.44. The van der Waals surface area contributed by atoms with Gasteiger partial charge in [-0.3, -0.25) is 9.69 Å². The van der Waals surface area contributed by atoms with Crippen LogP contribution in [-0.4, -0.2) is 35.9 Å². The van der Waals surface area contributed by atoms with Gasteiger partial charge < -0.3 is 9.47 Å². The third-order valence-electron chi connectivity index (χ3n) is 4.39. The maximum absolute atomic E-state index is 11.2. The summed E-state index contributed by atoms with van der Waals surface area (Å²) in [6.07, 6.45) is 3.26. The molecule has 3 rings (SSSR count). The predicted molar refractivity (Wildman–Crippen MR) is 104 cm³/mol. The van der Waals surface area contributed by atoms with E-state index >= 15 is 0 Å². The van der Waals surface area contributed by atoms with Crippen LogP contribution < -0.4 is 9.47 Å². The summed E-state index contributed by atoms with van der Waals surface area (Å²) in [5.74, 6) is 2.23. The number of benzene rings is 2. The summed E-state index contributed by atoms with van der Waals surface area (Å²) in [6.45, 7) is 1.71. The fourth-order valence-corrected chi connectivity index (χ4v) is 3.33. The lowest BCUT2D eigenvalue weighted by atomic mass is 10.0. The van der Waals surface area contributed by atoms with Gasteiger partial charge in [-0.25, -0.2) is 0 Å². The van der Waals surface area contributed by atoms with Crippen LogP contribution in [0.25, 0.3) is 0 Å². The summed E-state index contributed by atoms with van der Waals surface area (Å²) in [6, 6.07) is 14.9. The monoisotopic (exact) mass is 393 g/mol. The molecule has 0 saturated carbocycles. The van der Waals surface area contributed by atoms with Crippen LogP contribution in [0.15, 0.2) is 48.5 Å². The first-order chi connectivity index (χ1) is 12.6. The van der Waals surface area contributed by atoms with Gasteiger partial charge in [-0.05, 0) is 79.5 Å². The van der Waals surface area contributed by atoms with Crippen molar-refractivity contribution in [1.82, 2.24) is 4.90 Å². The second-order valence-electron chi connectivity index (χ2n) is 6.31. The molecule has 26 heavy (non-hydrogen) atoms. The highest BCUT2D eigenvalue weighted by Crippen LogP contribution is 2.25. The van der Waals surface area contributed by atoms with Crippen molar-refractivity contribution in [3.63, 3.8) is 0 Å². The van der Waals surface area contributed by atoms with E-state index in [4.69, 9.17) is 32.7 Å². The van der Waals surface area contributed by atoms with Crippen LogP contribution in [0, 0.1) is 0 Å². The molecule has 4 nitrogen and oxygen atoms in total. The standard InChI is InChI=1S/C20H21Cl2NO3/c21-15-4-6-18(7-5-15)26-19-10-8-17(9-11-19)25-14-16-3-1-2-12-23(16)13-20(22)24/h4-11,16H,1-3,12-14H2/t16-/m0/s1. The number of rotatable bonds is 7.